The molecule has 84 valence electrons. The molecule has 0 aliphatic rings. The van der Waals surface area contributed by atoms with Gasteiger partial charge in [-0.25, -0.2) is 0 Å². The smallest absolute Gasteiger partial charge is 0.303 e. The first kappa shape index (κ1) is 15.4. The van der Waals surface area contributed by atoms with Crippen LogP contribution in [0.25, 0.3) is 0 Å². The van der Waals surface area contributed by atoms with Crippen molar-refractivity contribution in [3.05, 3.63) is 0 Å². The van der Waals surface area contributed by atoms with Crippen molar-refractivity contribution < 1.29 is 24.9 Å². The van der Waals surface area contributed by atoms with Crippen molar-refractivity contribution in [2.45, 2.75) is 39.0 Å². The molecule has 0 amide bonds. The van der Waals surface area contributed by atoms with Crippen molar-refractivity contribution in [1.82, 2.24) is 0 Å². The Morgan fingerprint density at radius 2 is 1.50 bits per heavy atom. The summed E-state index contributed by atoms with van der Waals surface area (Å²) in [6.07, 6.45) is 2.36. The first-order chi connectivity index (χ1) is 6.54. The third-order valence-corrected chi connectivity index (χ3v) is 1.26. The molecule has 0 fully saturated rings. The summed E-state index contributed by atoms with van der Waals surface area (Å²) in [6.45, 7) is 1.93. The van der Waals surface area contributed by atoms with Crippen LogP contribution in [0.15, 0.2) is 0 Å². The number of unbranched alkanes of at least 4 members (excludes halogenated alkanes) is 1. The van der Waals surface area contributed by atoms with E-state index >= 15 is 0 Å². The molecule has 0 aromatic carbocycles. The lowest BCUT2D eigenvalue weighted by molar-refractivity contribution is -0.138. The molecule has 0 radical (unpaired) electrons. The standard InChI is InChI=1S/C5H10O3.C4H8O2/c6-4-2-1-3-5(7)8;1-2-3-4(5)6/h6H,1-4H2,(H,7,8);2-3H2,1H3,(H,5,6). The van der Waals surface area contributed by atoms with Crippen LogP contribution in [0.4, 0.5) is 0 Å². The van der Waals surface area contributed by atoms with Gasteiger partial charge in [0, 0.05) is 19.4 Å². The number of aliphatic carboxylic acids is 2. The fourth-order valence-corrected chi connectivity index (χ4v) is 0.602. The fourth-order valence-electron chi connectivity index (χ4n) is 0.602. The molecule has 0 aliphatic carbocycles. The van der Waals surface area contributed by atoms with E-state index in [2.05, 4.69) is 0 Å². The third kappa shape index (κ3) is 22.4. The molecule has 0 atom stereocenters. The first-order valence-corrected chi connectivity index (χ1v) is 4.59. The van der Waals surface area contributed by atoms with Crippen molar-refractivity contribution in [3.8, 4) is 0 Å². The van der Waals surface area contributed by atoms with Gasteiger partial charge in [-0.2, -0.15) is 0 Å². The van der Waals surface area contributed by atoms with Crippen molar-refractivity contribution >= 4 is 11.9 Å². The molecule has 5 heteroatoms. The quantitative estimate of drug-likeness (QED) is 0.566. The molecule has 0 saturated carbocycles. The number of carbonyl (C=O) groups is 2. The average Bonchev–Trinajstić information content (AvgIpc) is 2.05. The number of aliphatic hydroxyl groups is 1. The van der Waals surface area contributed by atoms with E-state index < -0.39 is 11.9 Å². The van der Waals surface area contributed by atoms with Crippen LogP contribution in [-0.2, 0) is 9.59 Å². The molecule has 0 heterocycles. The molecule has 5 nitrogen and oxygen atoms in total. The van der Waals surface area contributed by atoms with Crippen LogP contribution in [0.1, 0.15) is 39.0 Å². The first-order valence-electron chi connectivity index (χ1n) is 4.59. The topological polar surface area (TPSA) is 94.8 Å². The van der Waals surface area contributed by atoms with E-state index in [4.69, 9.17) is 15.3 Å². The third-order valence-electron chi connectivity index (χ3n) is 1.26. The van der Waals surface area contributed by atoms with Crippen molar-refractivity contribution in [3.63, 3.8) is 0 Å². The molecule has 0 unspecified atom stereocenters. The molecule has 0 aliphatic heterocycles. The van der Waals surface area contributed by atoms with E-state index in [0.29, 0.717) is 19.3 Å². The van der Waals surface area contributed by atoms with Gasteiger partial charge in [0.2, 0.25) is 0 Å². The van der Waals surface area contributed by atoms with E-state index in [0.717, 1.165) is 6.42 Å². The van der Waals surface area contributed by atoms with Gasteiger partial charge < -0.3 is 15.3 Å². The Labute approximate surface area is 83.4 Å². The summed E-state index contributed by atoms with van der Waals surface area (Å²) in [5.74, 6) is -1.50. The van der Waals surface area contributed by atoms with Crippen molar-refractivity contribution in [2.24, 2.45) is 0 Å². The Bertz CT molecular complexity index is 155. The molecule has 0 bridgehead atoms. The second-order valence-electron chi connectivity index (χ2n) is 2.72. The SMILES string of the molecule is CCCC(=O)O.O=C(O)CCCCO. The Balaban J connectivity index is 0. The highest BCUT2D eigenvalue weighted by Gasteiger charge is 1.93. The van der Waals surface area contributed by atoms with Gasteiger partial charge in [0.15, 0.2) is 0 Å². The van der Waals surface area contributed by atoms with Gasteiger partial charge in [-0.1, -0.05) is 6.92 Å². The molecule has 14 heavy (non-hydrogen) atoms. The van der Waals surface area contributed by atoms with E-state index in [1.807, 2.05) is 6.92 Å². The number of carboxylic acids is 2. The molecular weight excluding hydrogens is 188 g/mol. The number of aliphatic hydroxyl groups excluding tert-OH is 1. The van der Waals surface area contributed by atoms with E-state index in [1.54, 1.807) is 0 Å². The lowest BCUT2D eigenvalue weighted by atomic mass is 10.2. The molecule has 3 N–H and O–H groups in total. The molecule has 0 aromatic rings. The summed E-state index contributed by atoms with van der Waals surface area (Å²) in [7, 11) is 0. The average molecular weight is 206 g/mol. The van der Waals surface area contributed by atoms with Crippen LogP contribution in [0, 0.1) is 0 Å². The van der Waals surface area contributed by atoms with Crippen molar-refractivity contribution in [2.75, 3.05) is 6.61 Å². The number of carboxylic acid groups (broad SMARTS) is 2. The Hall–Kier alpha value is -1.10. The maximum atomic E-state index is 9.79. The number of hydrogen-bond acceptors (Lipinski definition) is 3. The lowest BCUT2D eigenvalue weighted by Gasteiger charge is -1.89. The predicted molar refractivity (Wildman–Crippen MR) is 51.1 cm³/mol. The molecule has 0 spiro atoms. The monoisotopic (exact) mass is 206 g/mol. The van der Waals surface area contributed by atoms with Gasteiger partial charge >= 0.3 is 11.9 Å². The zero-order valence-electron chi connectivity index (χ0n) is 8.40. The van der Waals surface area contributed by atoms with Crippen LogP contribution in [0.5, 0.6) is 0 Å². The molecule has 0 rings (SSSR count). The van der Waals surface area contributed by atoms with Gasteiger partial charge in [-0.3, -0.25) is 9.59 Å². The number of rotatable bonds is 6. The zero-order valence-corrected chi connectivity index (χ0v) is 8.40. The maximum Gasteiger partial charge on any atom is 0.303 e. The molecule has 0 aromatic heterocycles. The normalized spacial score (nSPS) is 8.71. The van der Waals surface area contributed by atoms with Crippen molar-refractivity contribution in [1.29, 1.82) is 0 Å². The highest BCUT2D eigenvalue weighted by atomic mass is 16.4. The maximum absolute atomic E-state index is 9.79. The van der Waals surface area contributed by atoms with Gasteiger partial charge in [-0.05, 0) is 19.3 Å². The summed E-state index contributed by atoms with van der Waals surface area (Å²) in [6, 6.07) is 0. The summed E-state index contributed by atoms with van der Waals surface area (Å²) < 4.78 is 0. The van der Waals surface area contributed by atoms with E-state index in [9.17, 15) is 9.59 Å². The zero-order chi connectivity index (χ0) is 11.4. The minimum atomic E-state index is -0.793. The van der Waals surface area contributed by atoms with Gasteiger partial charge in [0.1, 0.15) is 0 Å². The summed E-state index contributed by atoms with van der Waals surface area (Å²) in [5, 5.41) is 24.2. The van der Waals surface area contributed by atoms with Gasteiger partial charge in [-0.15, -0.1) is 0 Å². The Morgan fingerprint density at radius 3 is 1.71 bits per heavy atom. The highest BCUT2D eigenvalue weighted by molar-refractivity contribution is 5.66. The highest BCUT2D eigenvalue weighted by Crippen LogP contribution is 1.92. The Morgan fingerprint density at radius 1 is 1.00 bits per heavy atom. The second-order valence-corrected chi connectivity index (χ2v) is 2.72. The largest absolute Gasteiger partial charge is 0.481 e. The molecule has 0 saturated heterocycles. The summed E-state index contributed by atoms with van der Waals surface area (Å²) >= 11 is 0. The fraction of sp³-hybridized carbons (Fsp3) is 0.778. The van der Waals surface area contributed by atoms with Crippen LogP contribution >= 0.6 is 0 Å². The van der Waals surface area contributed by atoms with Gasteiger partial charge in [0.05, 0.1) is 0 Å². The van der Waals surface area contributed by atoms with E-state index in [1.165, 1.54) is 0 Å². The Kier molecular flexibility index (Phi) is 13.1. The van der Waals surface area contributed by atoms with Crippen LogP contribution in [0.2, 0.25) is 0 Å². The van der Waals surface area contributed by atoms with Crippen LogP contribution in [0.3, 0.4) is 0 Å². The second kappa shape index (κ2) is 11.9. The predicted octanol–water partition coefficient (Wildman–Crippen LogP) is 1.10. The summed E-state index contributed by atoms with van der Waals surface area (Å²) in [4.78, 5) is 19.4. The van der Waals surface area contributed by atoms with Crippen LogP contribution < -0.4 is 0 Å². The summed E-state index contributed by atoms with van der Waals surface area (Å²) in [5.41, 5.74) is 0. The van der Waals surface area contributed by atoms with Gasteiger partial charge in [0.25, 0.3) is 0 Å². The lowest BCUT2D eigenvalue weighted by Crippen LogP contribution is -1.94. The minimum Gasteiger partial charge on any atom is -0.481 e. The van der Waals surface area contributed by atoms with Crippen LogP contribution in [-0.4, -0.2) is 33.9 Å². The van der Waals surface area contributed by atoms with E-state index in [-0.39, 0.29) is 13.0 Å². The molecular formula is C9H18O5. The minimum absolute atomic E-state index is 0.0906. The number of hydrogen-bond donors (Lipinski definition) is 3.